The quantitative estimate of drug-likeness (QED) is 0.776. The van der Waals surface area contributed by atoms with E-state index in [4.69, 9.17) is 9.72 Å². The summed E-state index contributed by atoms with van der Waals surface area (Å²) >= 11 is 0. The van der Waals surface area contributed by atoms with Crippen LogP contribution in [0.1, 0.15) is 44.7 Å². The van der Waals surface area contributed by atoms with Gasteiger partial charge in [0.1, 0.15) is 5.82 Å². The second kappa shape index (κ2) is 9.00. The first kappa shape index (κ1) is 19.4. The molecular weight excluding hydrogens is 326 g/mol. The summed E-state index contributed by atoms with van der Waals surface area (Å²) in [4.78, 5) is 16.3. The van der Waals surface area contributed by atoms with Crippen molar-refractivity contribution in [2.45, 2.75) is 57.6 Å². The Morgan fingerprint density at radius 1 is 1.12 bits per heavy atom. The molecule has 3 heterocycles. The van der Waals surface area contributed by atoms with Gasteiger partial charge in [-0.1, -0.05) is 6.92 Å². The molecular formula is C20H35N5O. The largest absolute Gasteiger partial charge is 0.377 e. The van der Waals surface area contributed by atoms with Gasteiger partial charge in [0.05, 0.1) is 6.10 Å². The Morgan fingerprint density at radius 2 is 1.88 bits per heavy atom. The number of ether oxygens (including phenoxy) is 1. The molecule has 1 aromatic heterocycles. The van der Waals surface area contributed by atoms with Crippen LogP contribution in [0.5, 0.6) is 0 Å². The SMILES string of the molecule is CCc1cc(N2CCC(N(C)C[C@@H]3CCCCO3)CC2)nc(N(C)C)n1. The van der Waals surface area contributed by atoms with Crippen molar-refractivity contribution in [2.24, 2.45) is 0 Å². The lowest BCUT2D eigenvalue weighted by Crippen LogP contribution is -2.46. The van der Waals surface area contributed by atoms with Crippen molar-refractivity contribution in [1.82, 2.24) is 14.9 Å². The van der Waals surface area contributed by atoms with Gasteiger partial charge in [0.2, 0.25) is 5.95 Å². The van der Waals surface area contributed by atoms with Crippen LogP contribution < -0.4 is 9.80 Å². The van der Waals surface area contributed by atoms with E-state index in [2.05, 4.69) is 34.8 Å². The first-order valence-electron chi connectivity index (χ1n) is 10.2. The Morgan fingerprint density at radius 3 is 2.50 bits per heavy atom. The molecule has 2 aliphatic rings. The molecule has 0 amide bonds. The monoisotopic (exact) mass is 361 g/mol. The summed E-state index contributed by atoms with van der Waals surface area (Å²) in [5.41, 5.74) is 1.12. The highest BCUT2D eigenvalue weighted by Crippen LogP contribution is 2.24. The fourth-order valence-electron chi connectivity index (χ4n) is 3.97. The third-order valence-electron chi connectivity index (χ3n) is 5.69. The van der Waals surface area contributed by atoms with Gasteiger partial charge in [-0.15, -0.1) is 0 Å². The number of aromatic nitrogens is 2. The van der Waals surface area contributed by atoms with Crippen LogP contribution in [0.25, 0.3) is 0 Å². The molecule has 146 valence electrons. The number of hydrogen-bond acceptors (Lipinski definition) is 6. The molecule has 1 aromatic rings. The highest BCUT2D eigenvalue weighted by Gasteiger charge is 2.26. The summed E-state index contributed by atoms with van der Waals surface area (Å²) in [6.07, 6.45) is 7.51. The number of aryl methyl sites for hydroxylation is 1. The van der Waals surface area contributed by atoms with Gasteiger partial charge in [0.15, 0.2) is 0 Å². The van der Waals surface area contributed by atoms with Crippen LogP contribution in [0.2, 0.25) is 0 Å². The van der Waals surface area contributed by atoms with E-state index < -0.39 is 0 Å². The van der Waals surface area contributed by atoms with Crippen molar-refractivity contribution in [3.63, 3.8) is 0 Å². The molecule has 3 rings (SSSR count). The maximum atomic E-state index is 5.92. The van der Waals surface area contributed by atoms with Crippen LogP contribution in [0.15, 0.2) is 6.07 Å². The van der Waals surface area contributed by atoms with E-state index >= 15 is 0 Å². The molecule has 0 aliphatic carbocycles. The van der Waals surface area contributed by atoms with Crippen molar-refractivity contribution in [3.8, 4) is 0 Å². The molecule has 0 N–H and O–H groups in total. The minimum absolute atomic E-state index is 0.434. The van der Waals surface area contributed by atoms with E-state index in [0.29, 0.717) is 12.1 Å². The lowest BCUT2D eigenvalue weighted by molar-refractivity contribution is -0.00985. The van der Waals surface area contributed by atoms with Crippen LogP contribution in [0, 0.1) is 0 Å². The molecule has 0 unspecified atom stereocenters. The van der Waals surface area contributed by atoms with E-state index in [9.17, 15) is 0 Å². The number of likely N-dealkylation sites (N-methyl/N-ethyl adjacent to an activating group) is 1. The topological polar surface area (TPSA) is 44.7 Å². The van der Waals surface area contributed by atoms with Crippen LogP contribution in [0.4, 0.5) is 11.8 Å². The zero-order chi connectivity index (χ0) is 18.5. The van der Waals surface area contributed by atoms with E-state index in [1.54, 1.807) is 0 Å². The summed E-state index contributed by atoms with van der Waals surface area (Å²) in [6.45, 7) is 6.29. The van der Waals surface area contributed by atoms with Crippen LogP contribution >= 0.6 is 0 Å². The van der Waals surface area contributed by atoms with E-state index in [1.807, 2.05) is 19.0 Å². The fourth-order valence-corrected chi connectivity index (χ4v) is 3.97. The van der Waals surface area contributed by atoms with E-state index in [1.165, 1.54) is 32.1 Å². The van der Waals surface area contributed by atoms with Gasteiger partial charge < -0.3 is 19.4 Å². The van der Waals surface area contributed by atoms with Crippen LogP contribution in [0.3, 0.4) is 0 Å². The molecule has 1 atom stereocenters. The van der Waals surface area contributed by atoms with Gasteiger partial charge in [-0.3, -0.25) is 0 Å². The fraction of sp³-hybridized carbons (Fsp3) is 0.800. The van der Waals surface area contributed by atoms with Gasteiger partial charge in [0, 0.05) is 58.1 Å². The highest BCUT2D eigenvalue weighted by atomic mass is 16.5. The van der Waals surface area contributed by atoms with Gasteiger partial charge >= 0.3 is 0 Å². The molecule has 26 heavy (non-hydrogen) atoms. The molecule has 6 heteroatoms. The predicted octanol–water partition coefficient (Wildman–Crippen LogP) is 2.57. The molecule has 0 radical (unpaired) electrons. The summed E-state index contributed by atoms with van der Waals surface area (Å²) in [6, 6.07) is 2.81. The Bertz CT molecular complexity index is 565. The smallest absolute Gasteiger partial charge is 0.227 e. The minimum Gasteiger partial charge on any atom is -0.377 e. The molecule has 0 spiro atoms. The van der Waals surface area contributed by atoms with Gasteiger partial charge in [0.25, 0.3) is 0 Å². The Balaban J connectivity index is 1.57. The molecule has 2 aliphatic heterocycles. The molecule has 6 nitrogen and oxygen atoms in total. The Kier molecular flexibility index (Phi) is 6.70. The lowest BCUT2D eigenvalue weighted by atomic mass is 10.0. The van der Waals surface area contributed by atoms with Gasteiger partial charge in [-0.25, -0.2) is 4.98 Å². The van der Waals surface area contributed by atoms with Crippen LogP contribution in [-0.2, 0) is 11.2 Å². The van der Waals surface area contributed by atoms with Gasteiger partial charge in [-0.2, -0.15) is 4.98 Å². The van der Waals surface area contributed by atoms with E-state index in [-0.39, 0.29) is 0 Å². The lowest BCUT2D eigenvalue weighted by Gasteiger charge is -2.39. The maximum Gasteiger partial charge on any atom is 0.227 e. The summed E-state index contributed by atoms with van der Waals surface area (Å²) in [7, 11) is 6.28. The Hall–Kier alpha value is -1.40. The number of rotatable bonds is 6. The standard InChI is InChI=1S/C20H35N5O/c1-5-16-14-19(22-20(21-16)23(2)3)25-11-9-17(10-12-25)24(4)15-18-8-6-7-13-26-18/h14,17-18H,5-13,15H2,1-4H3/t18-/m0/s1. The Labute approximate surface area is 158 Å². The number of nitrogens with zero attached hydrogens (tertiary/aromatic N) is 5. The predicted molar refractivity (Wildman–Crippen MR) is 107 cm³/mol. The number of hydrogen-bond donors (Lipinski definition) is 0. The summed E-state index contributed by atoms with van der Waals surface area (Å²) in [5, 5.41) is 0. The molecule has 2 fully saturated rings. The summed E-state index contributed by atoms with van der Waals surface area (Å²) in [5.74, 6) is 1.89. The first-order valence-corrected chi connectivity index (χ1v) is 10.2. The minimum atomic E-state index is 0.434. The first-order chi connectivity index (χ1) is 12.6. The van der Waals surface area contributed by atoms with Gasteiger partial charge in [-0.05, 0) is 45.6 Å². The number of anilines is 2. The van der Waals surface area contributed by atoms with Crippen molar-refractivity contribution in [1.29, 1.82) is 0 Å². The second-order valence-corrected chi connectivity index (χ2v) is 7.91. The molecule has 0 saturated carbocycles. The number of piperidine rings is 1. The third kappa shape index (κ3) is 4.86. The highest BCUT2D eigenvalue weighted by molar-refractivity contribution is 5.46. The van der Waals surface area contributed by atoms with E-state index in [0.717, 1.165) is 50.1 Å². The van der Waals surface area contributed by atoms with Crippen molar-refractivity contribution in [2.75, 3.05) is 57.2 Å². The molecule has 0 bridgehead atoms. The normalized spacial score (nSPS) is 22.0. The second-order valence-electron chi connectivity index (χ2n) is 7.91. The van der Waals surface area contributed by atoms with Crippen molar-refractivity contribution in [3.05, 3.63) is 11.8 Å². The average Bonchev–Trinajstić information content (AvgIpc) is 2.68. The van der Waals surface area contributed by atoms with Crippen LogP contribution in [-0.4, -0.2) is 74.4 Å². The molecule has 2 saturated heterocycles. The average molecular weight is 362 g/mol. The maximum absolute atomic E-state index is 5.92. The third-order valence-corrected chi connectivity index (χ3v) is 5.69. The molecule has 0 aromatic carbocycles. The zero-order valence-corrected chi connectivity index (χ0v) is 16.9. The van der Waals surface area contributed by atoms with Crippen molar-refractivity contribution >= 4 is 11.8 Å². The summed E-state index contributed by atoms with van der Waals surface area (Å²) < 4.78 is 5.92. The zero-order valence-electron chi connectivity index (χ0n) is 16.9. The van der Waals surface area contributed by atoms with Crippen molar-refractivity contribution < 1.29 is 4.74 Å².